The molecule has 0 saturated carbocycles. The molecule has 1 aromatic rings. The van der Waals surface area contributed by atoms with Gasteiger partial charge in [0.1, 0.15) is 6.10 Å². The van der Waals surface area contributed by atoms with Crippen LogP contribution in [0.15, 0.2) is 30.3 Å². The highest BCUT2D eigenvalue weighted by atomic mass is 35.5. The third-order valence-electron chi connectivity index (χ3n) is 4.95. The summed E-state index contributed by atoms with van der Waals surface area (Å²) < 4.78 is 5.39. The fourth-order valence-corrected chi connectivity index (χ4v) is 2.67. The molecule has 0 aliphatic heterocycles. The quantitative estimate of drug-likeness (QED) is 0.689. The fraction of sp³-hybridized carbons (Fsp3) is 0.579. The summed E-state index contributed by atoms with van der Waals surface area (Å²) in [5.74, 6) is -0.135. The van der Waals surface area contributed by atoms with Gasteiger partial charge in [-0.25, -0.2) is 0 Å². The second-order valence-corrected chi connectivity index (χ2v) is 6.90. The van der Waals surface area contributed by atoms with E-state index >= 15 is 0 Å². The molecule has 1 atom stereocenters. The van der Waals surface area contributed by atoms with Gasteiger partial charge in [-0.2, -0.15) is 0 Å². The van der Waals surface area contributed by atoms with Crippen molar-refractivity contribution in [2.75, 3.05) is 13.1 Å². The van der Waals surface area contributed by atoms with E-state index in [1.54, 1.807) is 0 Å². The Kier molecular flexibility index (Phi) is 9.75. The van der Waals surface area contributed by atoms with Crippen LogP contribution in [0, 0.1) is 17.3 Å². The summed E-state index contributed by atoms with van der Waals surface area (Å²) in [6.07, 6.45) is -0.547. The minimum atomic E-state index is -0.547. The Labute approximate surface area is 157 Å². The summed E-state index contributed by atoms with van der Waals surface area (Å²) in [5.41, 5.74) is 5.68. The monoisotopic (exact) mass is 370 g/mol. The number of nitrogens with one attached hydrogen (secondary N) is 1. The first-order chi connectivity index (χ1) is 11.2. The lowest BCUT2D eigenvalue weighted by atomic mass is 9.70. The highest BCUT2D eigenvalue weighted by Crippen LogP contribution is 2.35. The number of esters is 1. The summed E-state index contributed by atoms with van der Waals surface area (Å²) in [4.78, 5) is 24.4. The molecule has 1 unspecified atom stereocenters. The van der Waals surface area contributed by atoms with Crippen LogP contribution in [0.3, 0.4) is 0 Å². The Morgan fingerprint density at radius 3 is 2.08 bits per heavy atom. The third kappa shape index (κ3) is 6.01. The third-order valence-corrected chi connectivity index (χ3v) is 4.95. The minimum Gasteiger partial charge on any atom is -0.455 e. The van der Waals surface area contributed by atoms with E-state index in [1.807, 2.05) is 65.0 Å². The van der Waals surface area contributed by atoms with Crippen LogP contribution in [-0.2, 0) is 14.3 Å². The lowest BCUT2D eigenvalue weighted by molar-refractivity contribution is -0.149. The molecule has 0 aromatic heterocycles. The standard InChI is InChI=1S/C19H30N2O3.ClH/c1-13(2)19(5,14(3)4)18(23)21-12-16(24-17(22)11-20)15-9-7-6-8-10-15;/h6-10,13-14,16H,11-12,20H2,1-5H3,(H,21,23);1H. The van der Waals surface area contributed by atoms with Crippen LogP contribution in [0.5, 0.6) is 0 Å². The van der Waals surface area contributed by atoms with Crippen molar-refractivity contribution in [1.29, 1.82) is 0 Å². The number of halogens is 1. The van der Waals surface area contributed by atoms with Crippen molar-refractivity contribution in [3.63, 3.8) is 0 Å². The Morgan fingerprint density at radius 2 is 1.64 bits per heavy atom. The number of nitrogens with two attached hydrogens (primary N) is 1. The molecule has 0 aliphatic carbocycles. The lowest BCUT2D eigenvalue weighted by Crippen LogP contribution is -2.47. The first-order valence-electron chi connectivity index (χ1n) is 8.46. The second-order valence-electron chi connectivity index (χ2n) is 6.90. The molecule has 3 N–H and O–H groups in total. The van der Waals surface area contributed by atoms with Crippen molar-refractivity contribution in [1.82, 2.24) is 5.32 Å². The molecule has 142 valence electrons. The second kappa shape index (κ2) is 10.4. The largest absolute Gasteiger partial charge is 0.455 e. The van der Waals surface area contributed by atoms with Gasteiger partial charge in [-0.3, -0.25) is 9.59 Å². The highest BCUT2D eigenvalue weighted by molar-refractivity contribution is 5.85. The summed E-state index contributed by atoms with van der Waals surface area (Å²) in [5, 5.41) is 2.96. The van der Waals surface area contributed by atoms with Crippen LogP contribution < -0.4 is 11.1 Å². The van der Waals surface area contributed by atoms with E-state index < -0.39 is 17.5 Å². The zero-order chi connectivity index (χ0) is 18.3. The van der Waals surface area contributed by atoms with Gasteiger partial charge in [-0.05, 0) is 17.4 Å². The van der Waals surface area contributed by atoms with E-state index in [4.69, 9.17) is 10.5 Å². The van der Waals surface area contributed by atoms with Crippen molar-refractivity contribution >= 4 is 24.3 Å². The van der Waals surface area contributed by atoms with Gasteiger partial charge in [0.2, 0.25) is 5.91 Å². The van der Waals surface area contributed by atoms with Crippen molar-refractivity contribution in [2.45, 2.75) is 40.7 Å². The molecule has 1 aromatic carbocycles. The van der Waals surface area contributed by atoms with Crippen molar-refractivity contribution < 1.29 is 14.3 Å². The topological polar surface area (TPSA) is 81.4 Å². The number of rotatable bonds is 8. The Balaban J connectivity index is 0.00000576. The molecular formula is C19H31ClN2O3. The number of ether oxygens (including phenoxy) is 1. The molecule has 1 amide bonds. The Bertz CT molecular complexity index is 539. The maximum Gasteiger partial charge on any atom is 0.320 e. The van der Waals surface area contributed by atoms with Gasteiger partial charge < -0.3 is 15.8 Å². The molecule has 0 aliphatic rings. The van der Waals surface area contributed by atoms with Crippen LogP contribution in [-0.4, -0.2) is 25.0 Å². The number of hydrogen-bond donors (Lipinski definition) is 2. The first kappa shape index (κ1) is 23.4. The van der Waals surface area contributed by atoms with Gasteiger partial charge in [0.05, 0.1) is 18.5 Å². The summed E-state index contributed by atoms with van der Waals surface area (Å²) >= 11 is 0. The van der Waals surface area contributed by atoms with E-state index in [-0.39, 0.29) is 43.2 Å². The average molecular weight is 371 g/mol. The van der Waals surface area contributed by atoms with Gasteiger partial charge in [0, 0.05) is 0 Å². The van der Waals surface area contributed by atoms with E-state index in [0.717, 1.165) is 5.56 Å². The predicted octanol–water partition coefficient (Wildman–Crippen LogP) is 3.09. The highest BCUT2D eigenvalue weighted by Gasteiger charge is 2.39. The molecule has 5 nitrogen and oxygen atoms in total. The van der Waals surface area contributed by atoms with Gasteiger partial charge >= 0.3 is 5.97 Å². The Hall–Kier alpha value is -1.59. The smallest absolute Gasteiger partial charge is 0.320 e. The zero-order valence-corrected chi connectivity index (χ0v) is 16.6. The van der Waals surface area contributed by atoms with Gasteiger partial charge in [-0.15, -0.1) is 12.4 Å². The SMILES string of the molecule is CC(C)C(C)(C(=O)NCC(OC(=O)CN)c1ccccc1)C(C)C.Cl. The summed E-state index contributed by atoms with van der Waals surface area (Å²) in [6.45, 7) is 10.2. The minimum absolute atomic E-state index is 0. The number of carbonyl (C=O) groups excluding carboxylic acids is 2. The number of amides is 1. The van der Waals surface area contributed by atoms with Crippen molar-refractivity contribution in [3.8, 4) is 0 Å². The van der Waals surface area contributed by atoms with Crippen molar-refractivity contribution in [2.24, 2.45) is 23.0 Å². The molecule has 25 heavy (non-hydrogen) atoms. The molecule has 0 saturated heterocycles. The van der Waals surface area contributed by atoms with Crippen LogP contribution in [0.1, 0.15) is 46.3 Å². The van der Waals surface area contributed by atoms with Crippen LogP contribution >= 0.6 is 12.4 Å². The van der Waals surface area contributed by atoms with E-state index in [0.29, 0.717) is 0 Å². The van der Waals surface area contributed by atoms with E-state index in [9.17, 15) is 9.59 Å². The molecular weight excluding hydrogens is 340 g/mol. The zero-order valence-electron chi connectivity index (χ0n) is 15.7. The molecule has 0 spiro atoms. The molecule has 0 fully saturated rings. The first-order valence-corrected chi connectivity index (χ1v) is 8.46. The maximum absolute atomic E-state index is 12.8. The average Bonchev–Trinajstić information content (AvgIpc) is 2.57. The number of benzene rings is 1. The lowest BCUT2D eigenvalue weighted by Gasteiger charge is -2.36. The van der Waals surface area contributed by atoms with E-state index in [2.05, 4.69) is 5.32 Å². The molecule has 0 radical (unpaired) electrons. The maximum atomic E-state index is 12.8. The van der Waals surface area contributed by atoms with Gasteiger partial charge in [0.25, 0.3) is 0 Å². The van der Waals surface area contributed by atoms with Crippen molar-refractivity contribution in [3.05, 3.63) is 35.9 Å². The van der Waals surface area contributed by atoms with Crippen LogP contribution in [0.25, 0.3) is 0 Å². The van der Waals surface area contributed by atoms with Gasteiger partial charge in [-0.1, -0.05) is 65.0 Å². The van der Waals surface area contributed by atoms with Crippen LogP contribution in [0.4, 0.5) is 0 Å². The normalized spacial score (nSPS) is 12.5. The molecule has 6 heteroatoms. The number of carbonyl (C=O) groups is 2. The molecule has 0 heterocycles. The van der Waals surface area contributed by atoms with Gasteiger partial charge in [0.15, 0.2) is 0 Å². The molecule has 0 bridgehead atoms. The van der Waals surface area contributed by atoms with E-state index in [1.165, 1.54) is 0 Å². The Morgan fingerprint density at radius 1 is 1.12 bits per heavy atom. The summed E-state index contributed by atoms with van der Waals surface area (Å²) in [6, 6.07) is 9.35. The molecule has 1 rings (SSSR count). The van der Waals surface area contributed by atoms with Crippen LogP contribution in [0.2, 0.25) is 0 Å². The predicted molar refractivity (Wildman–Crippen MR) is 102 cm³/mol. The number of hydrogen-bond acceptors (Lipinski definition) is 4. The fourth-order valence-electron chi connectivity index (χ4n) is 2.67. The summed E-state index contributed by atoms with van der Waals surface area (Å²) in [7, 11) is 0.